The predicted molar refractivity (Wildman–Crippen MR) is 66.1 cm³/mol. The Kier molecular flexibility index (Phi) is 12.0. The molecular weight excluding hydrogens is 337 g/mol. The molecule has 3 rings (SSSR count). The van der Waals surface area contributed by atoms with Gasteiger partial charge in [-0.25, -0.2) is 24.3 Å². The van der Waals surface area contributed by atoms with E-state index in [0.29, 0.717) is 0 Å². The summed E-state index contributed by atoms with van der Waals surface area (Å²) >= 11 is 0. The molecule has 0 saturated heterocycles. The van der Waals surface area contributed by atoms with Gasteiger partial charge < -0.3 is 30.3 Å². The average molecular weight is 353 g/mol. The van der Waals surface area contributed by atoms with Crippen LogP contribution in [0.25, 0.3) is 0 Å². The minimum Gasteiger partial charge on any atom is -0.748 e. The van der Waals surface area contributed by atoms with Crippen LogP contribution in [-0.2, 0) is 0 Å². The summed E-state index contributed by atoms with van der Waals surface area (Å²) in [7, 11) is 0. The second-order valence-electron chi connectivity index (χ2n) is 2.89. The fourth-order valence-electron chi connectivity index (χ4n) is 0.962. The monoisotopic (exact) mass is 353 g/mol. The van der Waals surface area contributed by atoms with E-state index < -0.39 is 0 Å². The Bertz CT molecular complexity index is 237. The predicted octanol–water partition coefficient (Wildman–Crippen LogP) is 4.22. The molecule has 0 aliphatic heterocycles. The van der Waals surface area contributed by atoms with Gasteiger partial charge in [0.1, 0.15) is 0 Å². The zero-order chi connectivity index (χ0) is 10.6. The summed E-state index contributed by atoms with van der Waals surface area (Å²) in [6.45, 7) is 0. The van der Waals surface area contributed by atoms with Crippen molar-refractivity contribution >= 4 is 0 Å². The van der Waals surface area contributed by atoms with Crippen LogP contribution in [0.15, 0.2) is 91.0 Å². The van der Waals surface area contributed by atoms with E-state index in [1.54, 1.807) is 0 Å². The van der Waals surface area contributed by atoms with E-state index >= 15 is 0 Å². The van der Waals surface area contributed by atoms with E-state index in [9.17, 15) is 0 Å². The summed E-state index contributed by atoms with van der Waals surface area (Å²) in [6.07, 6.45) is 0. The smallest absolute Gasteiger partial charge is 0 e. The maximum atomic E-state index is 2.00. The third-order valence-electron chi connectivity index (χ3n) is 1.67. The summed E-state index contributed by atoms with van der Waals surface area (Å²) in [5.74, 6) is 0. The van der Waals surface area contributed by atoms with Crippen molar-refractivity contribution in [3.05, 3.63) is 91.0 Å². The fourth-order valence-corrected chi connectivity index (χ4v) is 0.962. The van der Waals surface area contributed by atoms with Gasteiger partial charge in [-0.2, -0.15) is 36.4 Å². The molecular formula is C15H15Gd-7. The van der Waals surface area contributed by atoms with Crippen molar-refractivity contribution in [3.63, 3.8) is 0 Å². The van der Waals surface area contributed by atoms with Crippen molar-refractivity contribution in [2.45, 2.75) is 0 Å². The van der Waals surface area contributed by atoms with Crippen LogP contribution in [0, 0.1) is 39.9 Å². The van der Waals surface area contributed by atoms with Gasteiger partial charge >= 0.3 is 0 Å². The molecule has 0 fully saturated rings. The number of hydrogen-bond donors (Lipinski definition) is 0. The van der Waals surface area contributed by atoms with Gasteiger partial charge in [-0.05, 0) is 0 Å². The summed E-state index contributed by atoms with van der Waals surface area (Å²) in [6, 6.07) is 30.0. The molecule has 0 bridgehead atoms. The molecule has 0 N–H and O–H groups in total. The quantitative estimate of drug-likeness (QED) is 0.532. The first-order valence-corrected chi connectivity index (χ1v) is 5.00. The van der Waals surface area contributed by atoms with Crippen LogP contribution >= 0.6 is 0 Å². The number of hydrogen-bond acceptors (Lipinski definition) is 0. The van der Waals surface area contributed by atoms with Gasteiger partial charge in [0, 0.05) is 39.9 Å². The van der Waals surface area contributed by atoms with Crippen molar-refractivity contribution in [1.29, 1.82) is 0 Å². The van der Waals surface area contributed by atoms with Crippen molar-refractivity contribution in [2.75, 3.05) is 0 Å². The topological polar surface area (TPSA) is 0 Å². The molecule has 1 heteroatoms. The van der Waals surface area contributed by atoms with Crippen molar-refractivity contribution in [2.24, 2.45) is 0 Å². The van der Waals surface area contributed by atoms with Gasteiger partial charge in [0.25, 0.3) is 0 Å². The van der Waals surface area contributed by atoms with Crippen LogP contribution in [0.3, 0.4) is 0 Å². The molecule has 3 aromatic rings. The normalized spacial score (nSPS) is 7.50. The third-order valence-corrected chi connectivity index (χ3v) is 1.67. The first-order chi connectivity index (χ1) is 7.50. The van der Waals surface area contributed by atoms with Crippen LogP contribution < -0.4 is 0 Å². The minimum absolute atomic E-state index is 0. The Balaban J connectivity index is 0.000000205. The van der Waals surface area contributed by atoms with Gasteiger partial charge in [0.05, 0.1) is 0 Å². The van der Waals surface area contributed by atoms with E-state index in [2.05, 4.69) is 0 Å². The number of rotatable bonds is 0. The molecule has 0 heterocycles. The van der Waals surface area contributed by atoms with E-state index in [-0.39, 0.29) is 39.9 Å². The average Bonchev–Trinajstić information content (AvgIpc) is 3.09. The van der Waals surface area contributed by atoms with Gasteiger partial charge in [0.2, 0.25) is 0 Å². The van der Waals surface area contributed by atoms with Crippen LogP contribution in [0.1, 0.15) is 0 Å². The molecule has 0 saturated carbocycles. The summed E-state index contributed by atoms with van der Waals surface area (Å²) in [5, 5.41) is 0. The molecule has 0 radical (unpaired) electrons. The summed E-state index contributed by atoms with van der Waals surface area (Å²) in [4.78, 5) is 0. The molecule has 3 aromatic carbocycles. The standard InChI is InChI=1S/3C5H5.Gd/c3*1-2-4-5-3-1;/h3*1-5H;/q-5;2*-1;. The Hall–Kier alpha value is -0.625. The molecule has 0 amide bonds. The second-order valence-corrected chi connectivity index (χ2v) is 2.89. The molecule has 0 atom stereocenters. The third kappa shape index (κ3) is 9.91. The van der Waals surface area contributed by atoms with Gasteiger partial charge in [0.15, 0.2) is 0 Å². The summed E-state index contributed by atoms with van der Waals surface area (Å²) < 4.78 is 0. The molecule has 0 aromatic heterocycles. The van der Waals surface area contributed by atoms with E-state index in [0.717, 1.165) is 0 Å². The largest absolute Gasteiger partial charge is 0.748 e. The van der Waals surface area contributed by atoms with Gasteiger partial charge in [-0.1, -0.05) is 0 Å². The molecule has 0 nitrogen and oxygen atoms in total. The SMILES string of the molecule is [Gd].[cH-]1[cH-][cH-][cH-][cH-]1.c1cc[cH-]c1.c1cc[cH-]c1. The van der Waals surface area contributed by atoms with Gasteiger partial charge in [-0.15, -0.1) is 0 Å². The zero-order valence-corrected chi connectivity index (χ0v) is 11.3. The molecule has 0 spiro atoms. The van der Waals surface area contributed by atoms with Crippen molar-refractivity contribution in [3.8, 4) is 0 Å². The van der Waals surface area contributed by atoms with Gasteiger partial charge in [-0.3, -0.25) is 0 Å². The first kappa shape index (κ1) is 15.4. The molecule has 16 heavy (non-hydrogen) atoms. The molecule has 90 valence electrons. The first-order valence-electron chi connectivity index (χ1n) is 5.00. The maximum Gasteiger partial charge on any atom is 0 e. The van der Waals surface area contributed by atoms with E-state index in [1.165, 1.54) is 0 Å². The van der Waals surface area contributed by atoms with Crippen LogP contribution in [-0.4, -0.2) is 0 Å². The van der Waals surface area contributed by atoms with E-state index in [4.69, 9.17) is 0 Å². The van der Waals surface area contributed by atoms with Crippen LogP contribution in [0.2, 0.25) is 0 Å². The van der Waals surface area contributed by atoms with Crippen molar-refractivity contribution < 1.29 is 39.9 Å². The Morgan fingerprint density at radius 1 is 0.438 bits per heavy atom. The summed E-state index contributed by atoms with van der Waals surface area (Å²) in [5.41, 5.74) is 0. The Morgan fingerprint density at radius 3 is 0.812 bits per heavy atom. The zero-order valence-electron chi connectivity index (χ0n) is 9.01. The molecule has 0 aliphatic carbocycles. The van der Waals surface area contributed by atoms with E-state index in [1.807, 2.05) is 91.0 Å². The molecule has 0 unspecified atom stereocenters. The minimum atomic E-state index is 0. The maximum absolute atomic E-state index is 2.00. The fraction of sp³-hybridized carbons (Fsp3) is 0. The second kappa shape index (κ2) is 12.4. The Morgan fingerprint density at radius 2 is 0.688 bits per heavy atom. The van der Waals surface area contributed by atoms with Crippen LogP contribution in [0.5, 0.6) is 0 Å². The van der Waals surface area contributed by atoms with Crippen molar-refractivity contribution in [1.82, 2.24) is 0 Å². The Labute approximate surface area is 130 Å². The van der Waals surface area contributed by atoms with Crippen LogP contribution in [0.4, 0.5) is 0 Å². The molecule has 0 aliphatic rings.